The summed E-state index contributed by atoms with van der Waals surface area (Å²) in [6.07, 6.45) is 41.4. The number of aliphatic hydroxyl groups is 11. The summed E-state index contributed by atoms with van der Waals surface area (Å²) in [6, 6.07) is -0.989. The van der Waals surface area contributed by atoms with Crippen LogP contribution < -0.4 is 5.32 Å². The standard InChI is InChI=1S/C75H139NO18/c1-3-5-7-9-11-13-15-17-19-21-23-24-25-26-27-28-29-30-31-32-33-34-35-37-39-41-43-45-47-49-51-53-63(81)76-58(59(80)52-50-48-46-44-42-40-38-36-22-20-18-16-14-12-10-8-6-4-2)57-89-73-69(87)66(84)71(61(55-78)91-73)94-75-70(88)67(85)72(62(56-79)92-75)93-74-68(86)65(83)64(82)60(54-77)90-74/h21,23,42,44,50,52,58-62,64-75,77-80,82-88H,3-20,22,24-41,43,45-49,51,53-57H2,1-2H3,(H,76,81)/b23-21-,44-42+,52-50+. The maximum atomic E-state index is 13.4. The molecule has 3 heterocycles. The molecule has 3 fully saturated rings. The maximum Gasteiger partial charge on any atom is 0.220 e. The van der Waals surface area contributed by atoms with Crippen LogP contribution in [0.15, 0.2) is 36.5 Å². The first-order valence-electron chi connectivity index (χ1n) is 38.2. The van der Waals surface area contributed by atoms with E-state index in [1.165, 1.54) is 231 Å². The van der Waals surface area contributed by atoms with Gasteiger partial charge in [-0.1, -0.05) is 275 Å². The van der Waals surface area contributed by atoms with E-state index in [9.17, 15) is 61.0 Å². The van der Waals surface area contributed by atoms with E-state index >= 15 is 0 Å². The van der Waals surface area contributed by atoms with E-state index in [0.29, 0.717) is 12.8 Å². The van der Waals surface area contributed by atoms with Crippen molar-refractivity contribution in [1.82, 2.24) is 5.32 Å². The van der Waals surface area contributed by atoms with Gasteiger partial charge in [0, 0.05) is 6.42 Å². The van der Waals surface area contributed by atoms with Crippen molar-refractivity contribution < 1.29 is 89.4 Å². The lowest BCUT2D eigenvalue weighted by atomic mass is 9.96. The van der Waals surface area contributed by atoms with Crippen molar-refractivity contribution >= 4 is 5.91 Å². The molecule has 1 amide bonds. The van der Waals surface area contributed by atoms with Gasteiger partial charge in [-0.15, -0.1) is 0 Å². The van der Waals surface area contributed by atoms with Gasteiger partial charge < -0.3 is 89.9 Å². The Labute approximate surface area is 568 Å². The first kappa shape index (κ1) is 86.2. The molecule has 3 rings (SSSR count). The Balaban J connectivity index is 1.38. The van der Waals surface area contributed by atoms with Crippen molar-refractivity contribution in [1.29, 1.82) is 0 Å². The van der Waals surface area contributed by atoms with E-state index < -0.39 is 124 Å². The van der Waals surface area contributed by atoms with Crippen molar-refractivity contribution in [2.75, 3.05) is 26.4 Å². The summed E-state index contributed by atoms with van der Waals surface area (Å²) < 4.78 is 34.4. The highest BCUT2D eigenvalue weighted by Crippen LogP contribution is 2.33. The van der Waals surface area contributed by atoms with Crippen LogP contribution in [0.3, 0.4) is 0 Å². The lowest BCUT2D eigenvalue weighted by Crippen LogP contribution is -2.66. The molecular weight excluding hydrogens is 1200 g/mol. The average Bonchev–Trinajstić information content (AvgIpc) is 0.787. The molecule has 3 aliphatic heterocycles. The largest absolute Gasteiger partial charge is 0.394 e. The lowest BCUT2D eigenvalue weighted by Gasteiger charge is -2.48. The third kappa shape index (κ3) is 37.4. The zero-order valence-electron chi connectivity index (χ0n) is 58.7. The summed E-state index contributed by atoms with van der Waals surface area (Å²) >= 11 is 0. The van der Waals surface area contributed by atoms with Crippen LogP contribution >= 0.6 is 0 Å². The van der Waals surface area contributed by atoms with E-state index in [2.05, 4.69) is 43.5 Å². The number of hydrogen-bond acceptors (Lipinski definition) is 18. The highest BCUT2D eigenvalue weighted by atomic mass is 16.8. The van der Waals surface area contributed by atoms with Gasteiger partial charge in [-0.05, 0) is 57.8 Å². The van der Waals surface area contributed by atoms with Crippen molar-refractivity contribution in [3.05, 3.63) is 36.5 Å². The fraction of sp³-hybridized carbons (Fsp3) is 0.907. The second-order valence-electron chi connectivity index (χ2n) is 27.5. The molecule has 19 heteroatoms. The molecule has 552 valence electrons. The third-order valence-corrected chi connectivity index (χ3v) is 19.2. The smallest absolute Gasteiger partial charge is 0.220 e. The third-order valence-electron chi connectivity index (χ3n) is 19.2. The number of ether oxygens (including phenoxy) is 6. The minimum absolute atomic E-state index is 0.239. The van der Waals surface area contributed by atoms with E-state index in [4.69, 9.17) is 28.4 Å². The average molecular weight is 1340 g/mol. The quantitative estimate of drug-likeness (QED) is 0.0199. The SMILES string of the molecule is CCCCCCCCCC/C=C\CCCCCCCCCCCCCCCCCCCCCC(=O)NC(COC1OC(CO)C(OC2OC(CO)C(OC3OC(CO)C(O)C(O)C3O)C(O)C2O)C(O)C1O)C(O)/C=C/CC/C=C/CCCCCCCCCCCCCC. The number of carbonyl (C=O) groups is 1. The molecule has 0 radical (unpaired) electrons. The first-order valence-corrected chi connectivity index (χ1v) is 38.2. The molecule has 0 aromatic rings. The summed E-state index contributed by atoms with van der Waals surface area (Å²) in [4.78, 5) is 13.4. The maximum absolute atomic E-state index is 13.4. The van der Waals surface area contributed by atoms with E-state index in [1.54, 1.807) is 6.08 Å². The molecule has 0 bridgehead atoms. The number of aliphatic hydroxyl groups excluding tert-OH is 11. The fourth-order valence-corrected chi connectivity index (χ4v) is 13.0. The van der Waals surface area contributed by atoms with Gasteiger partial charge in [0.2, 0.25) is 5.91 Å². The number of rotatable bonds is 60. The van der Waals surface area contributed by atoms with Crippen LogP contribution in [0.5, 0.6) is 0 Å². The summed E-state index contributed by atoms with van der Waals surface area (Å²) in [6.45, 7) is 1.75. The van der Waals surface area contributed by atoms with E-state index in [-0.39, 0.29) is 18.9 Å². The van der Waals surface area contributed by atoms with E-state index in [1.807, 2.05) is 6.08 Å². The minimum atomic E-state index is -1.98. The van der Waals surface area contributed by atoms with Gasteiger partial charge in [-0.2, -0.15) is 0 Å². The molecular formula is C75H139NO18. The van der Waals surface area contributed by atoms with Crippen molar-refractivity contribution in [3.8, 4) is 0 Å². The fourth-order valence-electron chi connectivity index (χ4n) is 13.0. The van der Waals surface area contributed by atoms with E-state index in [0.717, 1.165) is 38.5 Å². The Bertz CT molecular complexity index is 1840. The molecule has 0 aromatic carbocycles. The number of nitrogens with one attached hydrogen (secondary N) is 1. The number of hydrogen-bond donors (Lipinski definition) is 12. The van der Waals surface area contributed by atoms with Gasteiger partial charge >= 0.3 is 0 Å². The summed E-state index contributed by atoms with van der Waals surface area (Å²) in [7, 11) is 0. The molecule has 94 heavy (non-hydrogen) atoms. The van der Waals surface area contributed by atoms with Gasteiger partial charge in [-0.3, -0.25) is 4.79 Å². The van der Waals surface area contributed by atoms with Gasteiger partial charge in [0.1, 0.15) is 73.2 Å². The van der Waals surface area contributed by atoms with Crippen LogP contribution in [-0.2, 0) is 33.2 Å². The Kier molecular flexibility index (Phi) is 52.0. The number of carbonyl (C=O) groups excluding carboxylic acids is 1. The number of unbranched alkanes of at least 4 members (excludes halogenated alkanes) is 40. The second kappa shape index (κ2) is 56.7. The predicted octanol–water partition coefficient (Wildman–Crippen LogP) is 11.6. The first-order chi connectivity index (χ1) is 45.8. The molecule has 12 N–H and O–H groups in total. The topological polar surface area (TPSA) is 307 Å². The predicted molar refractivity (Wildman–Crippen MR) is 369 cm³/mol. The summed E-state index contributed by atoms with van der Waals surface area (Å²) in [5.74, 6) is -0.280. The van der Waals surface area contributed by atoms with Crippen molar-refractivity contribution in [2.45, 2.75) is 407 Å². The molecule has 19 nitrogen and oxygen atoms in total. The molecule has 0 spiro atoms. The minimum Gasteiger partial charge on any atom is -0.394 e. The zero-order chi connectivity index (χ0) is 68.2. The van der Waals surface area contributed by atoms with Gasteiger partial charge in [0.25, 0.3) is 0 Å². The Morgan fingerprint density at radius 2 is 0.681 bits per heavy atom. The Morgan fingerprint density at radius 1 is 0.372 bits per heavy atom. The van der Waals surface area contributed by atoms with Crippen LogP contribution in [0.1, 0.15) is 303 Å². The van der Waals surface area contributed by atoms with Crippen LogP contribution in [0, 0.1) is 0 Å². The van der Waals surface area contributed by atoms with Crippen LogP contribution in [0.25, 0.3) is 0 Å². The Hall–Kier alpha value is -1.99. The van der Waals surface area contributed by atoms with Crippen LogP contribution in [0.4, 0.5) is 0 Å². The normalized spacial score (nSPS) is 27.5. The molecule has 3 aliphatic rings. The summed E-state index contributed by atoms with van der Waals surface area (Å²) in [5, 5.41) is 121. The molecule has 0 saturated carbocycles. The van der Waals surface area contributed by atoms with Crippen LogP contribution in [-0.4, -0.2) is 193 Å². The van der Waals surface area contributed by atoms with Crippen molar-refractivity contribution in [3.63, 3.8) is 0 Å². The lowest BCUT2D eigenvalue weighted by molar-refractivity contribution is -0.379. The summed E-state index contributed by atoms with van der Waals surface area (Å²) in [5.41, 5.74) is 0. The molecule has 0 aliphatic carbocycles. The van der Waals surface area contributed by atoms with Crippen molar-refractivity contribution in [2.24, 2.45) is 0 Å². The second-order valence-corrected chi connectivity index (χ2v) is 27.5. The van der Waals surface area contributed by atoms with Crippen LogP contribution in [0.2, 0.25) is 0 Å². The van der Waals surface area contributed by atoms with Gasteiger partial charge in [0.05, 0.1) is 38.6 Å². The molecule has 3 saturated heterocycles. The highest BCUT2D eigenvalue weighted by Gasteiger charge is 2.53. The van der Waals surface area contributed by atoms with Gasteiger partial charge in [0.15, 0.2) is 18.9 Å². The number of allylic oxidation sites excluding steroid dienone is 5. The molecule has 0 aromatic heterocycles. The Morgan fingerprint density at radius 3 is 1.06 bits per heavy atom. The van der Waals surface area contributed by atoms with Gasteiger partial charge in [-0.25, -0.2) is 0 Å². The monoisotopic (exact) mass is 1340 g/mol. The molecule has 17 atom stereocenters. The number of amides is 1. The molecule has 17 unspecified atom stereocenters. The highest BCUT2D eigenvalue weighted by molar-refractivity contribution is 5.76. The zero-order valence-corrected chi connectivity index (χ0v) is 58.7.